The van der Waals surface area contributed by atoms with Crippen molar-refractivity contribution in [3.8, 4) is 17.6 Å². The Kier molecular flexibility index (Phi) is 15.3. The lowest BCUT2D eigenvalue weighted by molar-refractivity contribution is -0.179. The van der Waals surface area contributed by atoms with Gasteiger partial charge in [0.2, 0.25) is 17.8 Å². The number of hydrogen-bond acceptors (Lipinski definition) is 15. The molecule has 5 aromatic carbocycles. The number of benzene rings is 5. The summed E-state index contributed by atoms with van der Waals surface area (Å²) in [5, 5.41) is 13.0. The Morgan fingerprint density at radius 3 is 2.06 bits per heavy atom. The third kappa shape index (κ3) is 9.67. The number of carbonyl (C=O) groups excluding carboxylic acids is 6. The highest BCUT2D eigenvalue weighted by Gasteiger charge is 2.76. The third-order valence-corrected chi connectivity index (χ3v) is 15.0. The lowest BCUT2D eigenvalue weighted by atomic mass is 9.64. The SMILES string of the molecule is COC(=O)C(CC#Cc1ccc2c(c1)C1(C(=O)N2C(=O)NC(C)c2ccccc2)C(C(=O)N2CCN(c3ncccn3)CC2)C2C(=O)OC(c3ccccc3)C(c3ccccc3)N2C1c1cccc(OCCO)c1)C(=O)OC. The van der Waals surface area contributed by atoms with E-state index >= 15 is 19.2 Å². The number of ether oxygens (including phenoxy) is 4. The van der Waals surface area contributed by atoms with Crippen LogP contribution in [-0.4, -0.2) is 120 Å². The van der Waals surface area contributed by atoms with Crippen molar-refractivity contribution >= 4 is 47.4 Å². The second kappa shape index (κ2) is 22.7. The van der Waals surface area contributed by atoms with Crippen molar-refractivity contribution in [1.82, 2.24) is 25.1 Å². The van der Waals surface area contributed by atoms with Gasteiger partial charge >= 0.3 is 23.9 Å². The summed E-state index contributed by atoms with van der Waals surface area (Å²) in [4.78, 5) is 106. The number of nitrogens with one attached hydrogen (secondary N) is 1. The minimum atomic E-state index is -2.14. The number of nitrogens with zero attached hydrogens (tertiary/aromatic N) is 6. The van der Waals surface area contributed by atoms with Crippen LogP contribution in [0.2, 0.25) is 0 Å². The number of amides is 4. The van der Waals surface area contributed by atoms with Crippen molar-refractivity contribution in [3.63, 3.8) is 0 Å². The van der Waals surface area contributed by atoms with Crippen LogP contribution in [0.4, 0.5) is 16.4 Å². The molecule has 5 heterocycles. The average Bonchev–Trinajstić information content (AvgIpc) is 4.11. The van der Waals surface area contributed by atoms with Gasteiger partial charge < -0.3 is 39.2 Å². The number of morpholine rings is 1. The van der Waals surface area contributed by atoms with Gasteiger partial charge in [-0.15, -0.1) is 0 Å². The van der Waals surface area contributed by atoms with Gasteiger partial charge in [0.25, 0.3) is 0 Å². The van der Waals surface area contributed by atoms with Crippen LogP contribution in [0.25, 0.3) is 0 Å². The summed E-state index contributed by atoms with van der Waals surface area (Å²) in [6.07, 6.45) is 2.01. The van der Waals surface area contributed by atoms with E-state index in [1.54, 1.807) is 72.7 Å². The predicted molar refractivity (Wildman–Crippen MR) is 284 cm³/mol. The van der Waals surface area contributed by atoms with Crippen molar-refractivity contribution in [2.75, 3.05) is 63.4 Å². The van der Waals surface area contributed by atoms with Crippen LogP contribution in [0.1, 0.15) is 71.0 Å². The maximum atomic E-state index is 17.0. The molecule has 0 radical (unpaired) electrons. The first-order valence-corrected chi connectivity index (χ1v) is 25.7. The molecule has 0 bridgehead atoms. The molecule has 78 heavy (non-hydrogen) atoms. The molecule has 3 saturated heterocycles. The molecule has 4 amide bonds. The number of esters is 3. The summed E-state index contributed by atoms with van der Waals surface area (Å²) in [5.74, 6) is 0.0959. The van der Waals surface area contributed by atoms with Gasteiger partial charge in [0.15, 0.2) is 5.92 Å². The maximum absolute atomic E-state index is 17.0. The molecular formula is C60H57N7O11. The normalized spacial score (nSPS) is 21.9. The number of aliphatic hydroxyl groups excluding tert-OH is 1. The molecule has 1 spiro atoms. The smallest absolute Gasteiger partial charge is 0.329 e. The van der Waals surface area contributed by atoms with Gasteiger partial charge in [-0.05, 0) is 71.1 Å². The van der Waals surface area contributed by atoms with E-state index in [1.165, 1.54) is 0 Å². The fraction of sp³-hybridized carbons (Fsp3) is 0.300. The van der Waals surface area contributed by atoms with Crippen molar-refractivity contribution in [2.45, 2.75) is 49.0 Å². The summed E-state index contributed by atoms with van der Waals surface area (Å²) in [7, 11) is 2.31. The first-order chi connectivity index (χ1) is 38.0. The number of fused-ring (bicyclic) bond motifs is 3. The average molecular weight is 1050 g/mol. The van der Waals surface area contributed by atoms with E-state index in [-0.39, 0.29) is 44.0 Å². The second-order valence-corrected chi connectivity index (χ2v) is 19.3. The number of urea groups is 1. The molecule has 4 aliphatic rings. The van der Waals surface area contributed by atoms with E-state index < -0.39 is 83.3 Å². The molecular weight excluding hydrogens is 995 g/mol. The van der Waals surface area contributed by atoms with Crippen molar-refractivity contribution in [3.05, 3.63) is 185 Å². The van der Waals surface area contributed by atoms with E-state index in [2.05, 4.69) is 27.1 Å². The van der Waals surface area contributed by atoms with E-state index in [9.17, 15) is 14.7 Å². The number of aromatic nitrogens is 2. The van der Waals surface area contributed by atoms with Gasteiger partial charge in [-0.25, -0.2) is 19.7 Å². The third-order valence-electron chi connectivity index (χ3n) is 15.0. The summed E-state index contributed by atoms with van der Waals surface area (Å²) in [5.41, 5.74) is 1.09. The number of imide groups is 1. The van der Waals surface area contributed by atoms with Crippen molar-refractivity contribution < 1.29 is 52.8 Å². The van der Waals surface area contributed by atoms with Crippen LogP contribution in [-0.2, 0) is 43.6 Å². The first-order valence-electron chi connectivity index (χ1n) is 25.7. The maximum Gasteiger partial charge on any atom is 0.329 e. The fourth-order valence-electron chi connectivity index (χ4n) is 11.6. The predicted octanol–water partition coefficient (Wildman–Crippen LogP) is 6.04. The Balaban J connectivity index is 1.24. The van der Waals surface area contributed by atoms with Gasteiger partial charge in [-0.3, -0.25) is 28.9 Å². The monoisotopic (exact) mass is 1050 g/mol. The molecule has 18 heteroatoms. The van der Waals surface area contributed by atoms with Gasteiger partial charge in [-0.1, -0.05) is 115 Å². The molecule has 7 unspecified atom stereocenters. The van der Waals surface area contributed by atoms with Crippen LogP contribution in [0.5, 0.6) is 5.75 Å². The Hall–Kier alpha value is -8.92. The lowest BCUT2D eigenvalue weighted by Gasteiger charge is -2.46. The first kappa shape index (κ1) is 52.5. The molecule has 3 fully saturated rings. The minimum Gasteiger partial charge on any atom is -0.491 e. The van der Waals surface area contributed by atoms with Gasteiger partial charge in [0, 0.05) is 50.6 Å². The van der Waals surface area contributed by atoms with Crippen molar-refractivity contribution in [1.29, 1.82) is 0 Å². The molecule has 0 saturated carbocycles. The zero-order valence-electron chi connectivity index (χ0n) is 43.1. The molecule has 6 aromatic rings. The zero-order valence-corrected chi connectivity index (χ0v) is 43.1. The highest BCUT2D eigenvalue weighted by Crippen LogP contribution is 2.66. The summed E-state index contributed by atoms with van der Waals surface area (Å²) >= 11 is 0. The van der Waals surface area contributed by atoms with Crippen LogP contribution in [0, 0.1) is 23.7 Å². The Morgan fingerprint density at radius 1 is 0.769 bits per heavy atom. The van der Waals surface area contributed by atoms with E-state index in [0.717, 1.165) is 24.7 Å². The number of hydrogen-bond donors (Lipinski definition) is 2. The highest BCUT2D eigenvalue weighted by atomic mass is 16.6. The number of aliphatic hydroxyl groups is 1. The number of methoxy groups -OCH3 is 2. The van der Waals surface area contributed by atoms with Crippen LogP contribution in [0.15, 0.2) is 152 Å². The topological polar surface area (TPSA) is 210 Å². The number of anilines is 2. The quantitative estimate of drug-likeness (QED) is 0.0585. The fourth-order valence-corrected chi connectivity index (χ4v) is 11.6. The molecule has 10 rings (SSSR count). The number of cyclic esters (lactones) is 1. The van der Waals surface area contributed by atoms with E-state index in [1.807, 2.05) is 101 Å². The van der Waals surface area contributed by atoms with E-state index in [4.69, 9.17) is 18.9 Å². The van der Waals surface area contributed by atoms with Crippen LogP contribution in [0.3, 0.4) is 0 Å². The summed E-state index contributed by atoms with van der Waals surface area (Å²) < 4.78 is 22.5. The van der Waals surface area contributed by atoms with Crippen LogP contribution >= 0.6 is 0 Å². The molecule has 398 valence electrons. The van der Waals surface area contributed by atoms with Crippen molar-refractivity contribution in [2.24, 2.45) is 11.8 Å². The number of carbonyl (C=O) groups is 6. The molecule has 4 aliphatic heterocycles. The summed E-state index contributed by atoms with van der Waals surface area (Å²) in [6.45, 7) is 2.38. The standard InChI is InChI=1S/C60H57N7O11/c1-38(40-17-7-4-8-18-40)63-59(74)66-47-27-26-39(16-13-25-45(54(70)75-2)55(71)76-3)36-46(47)60(57(66)73)48(53(69)64-30-32-65(33-31-64)58-61-28-15-29-62-58)50-56(72)78-51(42-21-11-6-12-22-42)49(41-19-9-5-10-20-41)67(50)52(60)43-23-14-24-44(37-43)77-35-34-68/h4-12,14-15,17-24,26-29,36-38,45,48-52,68H,25,30-35H2,1-3H3,(H,63,74). The van der Waals surface area contributed by atoms with Gasteiger partial charge in [-0.2, -0.15) is 0 Å². The molecule has 18 nitrogen and oxygen atoms in total. The highest BCUT2D eigenvalue weighted by molar-refractivity contribution is 6.24. The molecule has 2 N–H and O–H groups in total. The zero-order chi connectivity index (χ0) is 54.5. The van der Waals surface area contributed by atoms with E-state index in [0.29, 0.717) is 47.0 Å². The largest absolute Gasteiger partial charge is 0.491 e. The Morgan fingerprint density at radius 2 is 1.41 bits per heavy atom. The Labute approximate surface area is 450 Å². The molecule has 0 aliphatic carbocycles. The second-order valence-electron chi connectivity index (χ2n) is 19.3. The van der Waals surface area contributed by atoms with Crippen LogP contribution < -0.4 is 19.9 Å². The number of rotatable bonds is 13. The van der Waals surface area contributed by atoms with Gasteiger partial charge in [0.05, 0.1) is 50.6 Å². The lowest BCUT2D eigenvalue weighted by Crippen LogP contribution is -2.59. The number of piperazine rings is 1. The summed E-state index contributed by atoms with van der Waals surface area (Å²) in [6, 6.07) is 36.6. The minimum absolute atomic E-state index is 0.0636. The van der Waals surface area contributed by atoms with Gasteiger partial charge in [0.1, 0.15) is 29.9 Å². The Bertz CT molecular complexity index is 3250. The molecule has 7 atom stereocenters. The molecule has 1 aromatic heterocycles.